The normalized spacial score (nSPS) is 20.2. The Labute approximate surface area is 247 Å². The number of tetrazole rings is 1. The number of hydrogen-bond acceptors (Lipinski definition) is 9. The fourth-order valence-corrected chi connectivity index (χ4v) is 5.79. The molecular formula is C28H34N12O3. The predicted octanol–water partition coefficient (Wildman–Crippen LogP) is 1.00. The van der Waals surface area contributed by atoms with Crippen LogP contribution < -0.4 is 5.32 Å². The van der Waals surface area contributed by atoms with Crippen molar-refractivity contribution >= 4 is 17.7 Å². The molecule has 1 fully saturated rings. The number of benzene rings is 1. The van der Waals surface area contributed by atoms with E-state index in [4.69, 9.17) is 4.98 Å². The first-order valence-electron chi connectivity index (χ1n) is 14.6. The minimum Gasteiger partial charge on any atom is -0.344 e. The molecule has 5 heterocycles. The lowest BCUT2D eigenvalue weighted by Crippen LogP contribution is -2.53. The minimum atomic E-state index is -0.549. The molecule has 0 bridgehead atoms. The second-order valence-corrected chi connectivity index (χ2v) is 10.9. The van der Waals surface area contributed by atoms with E-state index in [0.29, 0.717) is 62.9 Å². The molecule has 0 unspecified atom stereocenters. The third-order valence-electron chi connectivity index (χ3n) is 7.91. The Kier molecular flexibility index (Phi) is 8.20. The zero-order chi connectivity index (χ0) is 29.8. The molecule has 0 radical (unpaired) electrons. The lowest BCUT2D eigenvalue weighted by Gasteiger charge is -2.36. The molecule has 224 valence electrons. The number of hydrogen-bond donors (Lipinski definition) is 2. The standard InChI is InChI=1S/C28H34N12O3/c1-19-30-26-21(16-20-8-3-2-4-9-20)31-27(42)23-10-5-6-13-38(23)25(41)11-7-12-37(14-15-39(26)34-19)28(43)22-17-24(33-32-22)40-18-29-35-36-40/h2-4,8-9,17-18,21,23H,5-7,10-16H2,1H3,(H,31,42)(H,32,33)/t21-,23+/m1/s1. The van der Waals surface area contributed by atoms with Crippen molar-refractivity contribution in [3.05, 3.63) is 65.6 Å². The van der Waals surface area contributed by atoms with Crippen LogP contribution in [0.15, 0.2) is 42.7 Å². The van der Waals surface area contributed by atoms with Gasteiger partial charge in [-0.05, 0) is 55.0 Å². The van der Waals surface area contributed by atoms with Gasteiger partial charge in [-0.2, -0.15) is 14.9 Å². The molecule has 2 N–H and O–H groups in total. The lowest BCUT2D eigenvalue weighted by molar-refractivity contribution is -0.142. The molecule has 1 saturated heterocycles. The number of piperidine rings is 1. The lowest BCUT2D eigenvalue weighted by atomic mass is 9.99. The Balaban J connectivity index is 1.32. The van der Waals surface area contributed by atoms with Crippen molar-refractivity contribution in [3.8, 4) is 5.82 Å². The quantitative estimate of drug-likeness (QED) is 0.354. The maximum Gasteiger partial charge on any atom is 0.272 e. The first-order chi connectivity index (χ1) is 21.0. The number of H-pyrrole nitrogens is 1. The van der Waals surface area contributed by atoms with Gasteiger partial charge in [-0.3, -0.25) is 19.5 Å². The largest absolute Gasteiger partial charge is 0.344 e. The minimum absolute atomic E-state index is 0.0783. The molecular weight excluding hydrogens is 552 g/mol. The summed E-state index contributed by atoms with van der Waals surface area (Å²) in [5.74, 6) is 1.04. The molecule has 3 aromatic heterocycles. The summed E-state index contributed by atoms with van der Waals surface area (Å²) in [7, 11) is 0. The van der Waals surface area contributed by atoms with E-state index < -0.39 is 12.1 Å². The summed E-state index contributed by atoms with van der Waals surface area (Å²) in [5, 5.41) is 25.9. The summed E-state index contributed by atoms with van der Waals surface area (Å²) in [6.07, 6.45) is 4.91. The van der Waals surface area contributed by atoms with Gasteiger partial charge in [0.2, 0.25) is 11.8 Å². The van der Waals surface area contributed by atoms with E-state index >= 15 is 0 Å². The fraction of sp³-hybridized carbons (Fsp3) is 0.464. The van der Waals surface area contributed by atoms with Crippen LogP contribution in [0.1, 0.15) is 65.8 Å². The van der Waals surface area contributed by atoms with Crippen LogP contribution in [0.5, 0.6) is 0 Å². The van der Waals surface area contributed by atoms with Crippen molar-refractivity contribution in [2.24, 2.45) is 0 Å². The molecule has 15 heteroatoms. The van der Waals surface area contributed by atoms with Crippen LogP contribution >= 0.6 is 0 Å². The maximum atomic E-state index is 13.7. The van der Waals surface area contributed by atoms with E-state index in [1.54, 1.807) is 20.5 Å². The van der Waals surface area contributed by atoms with Crippen LogP contribution in [0, 0.1) is 6.92 Å². The number of nitrogens with zero attached hydrogens (tertiary/aromatic N) is 10. The maximum absolute atomic E-state index is 13.7. The van der Waals surface area contributed by atoms with Gasteiger partial charge in [0.1, 0.15) is 29.7 Å². The van der Waals surface area contributed by atoms with E-state index in [-0.39, 0.29) is 29.8 Å². The fourth-order valence-electron chi connectivity index (χ4n) is 5.79. The second-order valence-electron chi connectivity index (χ2n) is 10.9. The molecule has 0 aliphatic carbocycles. The first-order valence-corrected chi connectivity index (χ1v) is 14.6. The van der Waals surface area contributed by atoms with Crippen molar-refractivity contribution in [1.82, 2.24) is 60.3 Å². The smallest absolute Gasteiger partial charge is 0.272 e. The van der Waals surface area contributed by atoms with Gasteiger partial charge in [0.25, 0.3) is 5.91 Å². The number of aromatic nitrogens is 9. The van der Waals surface area contributed by atoms with Gasteiger partial charge in [0, 0.05) is 32.1 Å². The third-order valence-corrected chi connectivity index (χ3v) is 7.91. The number of rotatable bonds is 4. The second kappa shape index (κ2) is 12.5. The summed E-state index contributed by atoms with van der Waals surface area (Å²) in [6, 6.07) is 10.4. The molecule has 2 atom stereocenters. The highest BCUT2D eigenvalue weighted by atomic mass is 16.2. The van der Waals surface area contributed by atoms with Gasteiger partial charge in [0.15, 0.2) is 5.82 Å². The number of fused-ring (bicyclic) bond motifs is 2. The Morgan fingerprint density at radius 3 is 2.72 bits per heavy atom. The Bertz CT molecular complexity index is 1560. The highest BCUT2D eigenvalue weighted by Crippen LogP contribution is 2.23. The van der Waals surface area contributed by atoms with E-state index in [1.807, 2.05) is 37.3 Å². The van der Waals surface area contributed by atoms with Crippen LogP contribution in [-0.2, 0) is 22.6 Å². The third kappa shape index (κ3) is 6.29. The Morgan fingerprint density at radius 1 is 1.05 bits per heavy atom. The van der Waals surface area contributed by atoms with Crippen LogP contribution in [0.2, 0.25) is 0 Å². The summed E-state index contributed by atoms with van der Waals surface area (Å²) in [6.45, 7) is 3.34. The molecule has 3 amide bonds. The van der Waals surface area contributed by atoms with Crippen LogP contribution in [0.4, 0.5) is 0 Å². The molecule has 6 rings (SSSR count). The van der Waals surface area contributed by atoms with Gasteiger partial charge < -0.3 is 15.1 Å². The molecule has 0 spiro atoms. The average molecular weight is 587 g/mol. The van der Waals surface area contributed by atoms with E-state index in [1.165, 1.54) is 11.0 Å². The summed E-state index contributed by atoms with van der Waals surface area (Å²) < 4.78 is 3.13. The van der Waals surface area contributed by atoms with E-state index in [9.17, 15) is 14.4 Å². The predicted molar refractivity (Wildman–Crippen MR) is 152 cm³/mol. The van der Waals surface area contributed by atoms with Gasteiger partial charge >= 0.3 is 0 Å². The number of aromatic amines is 1. The molecule has 0 saturated carbocycles. The average Bonchev–Trinajstić information content (AvgIpc) is 3.80. The zero-order valence-electron chi connectivity index (χ0n) is 24.0. The summed E-state index contributed by atoms with van der Waals surface area (Å²) >= 11 is 0. The highest BCUT2D eigenvalue weighted by Gasteiger charge is 2.34. The molecule has 4 aromatic rings. The monoisotopic (exact) mass is 586 g/mol. The number of carbonyl (C=O) groups is 3. The van der Waals surface area contributed by atoms with Crippen molar-refractivity contribution < 1.29 is 14.4 Å². The first kappa shape index (κ1) is 28.2. The van der Waals surface area contributed by atoms with Crippen LogP contribution in [-0.4, -0.2) is 98.4 Å². The zero-order valence-corrected chi connectivity index (χ0v) is 24.0. The Morgan fingerprint density at radius 2 is 1.91 bits per heavy atom. The van der Waals surface area contributed by atoms with Crippen LogP contribution in [0.3, 0.4) is 0 Å². The van der Waals surface area contributed by atoms with Crippen molar-refractivity contribution in [2.75, 3.05) is 19.6 Å². The number of aryl methyl sites for hydroxylation is 1. The number of nitrogens with one attached hydrogen (secondary N) is 2. The molecule has 15 nitrogen and oxygen atoms in total. The number of carbonyl (C=O) groups excluding carboxylic acids is 3. The Hall–Kier alpha value is -4.95. The molecule has 1 aromatic carbocycles. The molecule has 43 heavy (non-hydrogen) atoms. The SMILES string of the molecule is Cc1nc2n(n1)CCN(C(=O)c1cc(-n3cnnn3)n[nH]1)CCCC(=O)N1CCCC[C@H]1C(=O)N[C@@H]2Cc1ccccc1. The van der Waals surface area contributed by atoms with Crippen molar-refractivity contribution in [1.29, 1.82) is 0 Å². The topological polar surface area (TPSA) is 173 Å². The number of amides is 3. The highest BCUT2D eigenvalue weighted by molar-refractivity contribution is 5.93. The van der Waals surface area contributed by atoms with E-state index in [2.05, 4.69) is 36.1 Å². The van der Waals surface area contributed by atoms with Crippen molar-refractivity contribution in [3.63, 3.8) is 0 Å². The van der Waals surface area contributed by atoms with Gasteiger partial charge in [-0.25, -0.2) is 9.67 Å². The van der Waals surface area contributed by atoms with Gasteiger partial charge in [-0.1, -0.05) is 30.3 Å². The summed E-state index contributed by atoms with van der Waals surface area (Å²) in [4.78, 5) is 48.9. The van der Waals surface area contributed by atoms with Gasteiger partial charge in [-0.15, -0.1) is 5.10 Å². The van der Waals surface area contributed by atoms with Crippen molar-refractivity contribution in [2.45, 2.75) is 64.1 Å². The summed E-state index contributed by atoms with van der Waals surface area (Å²) in [5.41, 5.74) is 1.31. The molecule has 2 aliphatic heterocycles. The van der Waals surface area contributed by atoms with Crippen LogP contribution in [0.25, 0.3) is 5.82 Å². The van der Waals surface area contributed by atoms with E-state index in [0.717, 1.165) is 18.4 Å². The van der Waals surface area contributed by atoms with Gasteiger partial charge in [0.05, 0.1) is 12.6 Å². The molecule has 2 aliphatic rings.